The first-order valence-corrected chi connectivity index (χ1v) is 17.4. The molecule has 16 heteroatoms. The summed E-state index contributed by atoms with van der Waals surface area (Å²) in [4.78, 5) is 26.6. The van der Waals surface area contributed by atoms with Gasteiger partial charge in [0.05, 0.1) is 32.9 Å². The minimum absolute atomic E-state index is 0.0265. The zero-order chi connectivity index (χ0) is 36.8. The van der Waals surface area contributed by atoms with Gasteiger partial charge in [-0.25, -0.2) is 13.2 Å². The van der Waals surface area contributed by atoms with Gasteiger partial charge in [0.15, 0.2) is 5.82 Å². The van der Waals surface area contributed by atoms with Crippen molar-refractivity contribution in [2.75, 3.05) is 43.9 Å². The molecule has 1 amide bonds. The minimum atomic E-state index is -5.13. The van der Waals surface area contributed by atoms with Crippen LogP contribution in [0.3, 0.4) is 0 Å². The van der Waals surface area contributed by atoms with Crippen LogP contribution in [0.2, 0.25) is 0 Å². The van der Waals surface area contributed by atoms with Crippen molar-refractivity contribution >= 4 is 49.1 Å². The maximum Gasteiger partial charge on any atom is 0.417 e. The fourth-order valence-corrected chi connectivity index (χ4v) is 9.31. The molecule has 0 spiro atoms. The van der Waals surface area contributed by atoms with Gasteiger partial charge in [-0.2, -0.15) is 28.4 Å². The van der Waals surface area contributed by atoms with Crippen LogP contribution in [0.15, 0.2) is 18.2 Å². The van der Waals surface area contributed by atoms with Crippen molar-refractivity contribution < 1.29 is 35.9 Å². The number of aromatic nitrogens is 2. The average Bonchev–Trinajstić information content (AvgIpc) is 3.79. The molecule has 3 fully saturated rings. The second-order valence-electron chi connectivity index (χ2n) is 14.0. The third-order valence-corrected chi connectivity index (χ3v) is 12.4. The summed E-state index contributed by atoms with van der Waals surface area (Å²) in [6, 6.07) is 3.75. The number of nitrogens with two attached hydrogens (primary N) is 1. The molecule has 4 unspecified atom stereocenters. The molecule has 4 aromatic rings. The number of likely N-dealkylation sites (N-methyl/N-ethyl adjacent to an activating group) is 1. The zero-order valence-corrected chi connectivity index (χ0v) is 29.1. The van der Waals surface area contributed by atoms with Gasteiger partial charge in [0.1, 0.15) is 41.0 Å². The number of carbonyl (C=O) groups is 1. The molecule has 0 aliphatic carbocycles. The van der Waals surface area contributed by atoms with E-state index in [2.05, 4.69) is 9.97 Å². The van der Waals surface area contributed by atoms with Gasteiger partial charge in [-0.05, 0) is 57.4 Å². The van der Waals surface area contributed by atoms with Gasteiger partial charge >= 0.3 is 12.2 Å². The standard InChI is InChI=1S/C35H35F6N7O2S/c1-17-33(3,9-11-48(17)18(2)49)46(4)31-21-12-23(35(39,40)41)26(20-6-7-24(37)29-25(20)22(14-42)30(43)51-29)27(38)28(21)44-32(45-31)50-16-34-8-5-10-47(34)15-19(36)13-34/h6-7,12,17,19H,5,8-11,13,15-16,43H2,1-4H3. The monoisotopic (exact) mass is 731 g/mol. The highest BCUT2D eigenvalue weighted by atomic mass is 32.1. The van der Waals surface area contributed by atoms with E-state index in [1.807, 2.05) is 24.8 Å². The number of halogens is 6. The molecule has 2 aromatic heterocycles. The predicted octanol–water partition coefficient (Wildman–Crippen LogP) is 7.05. The lowest BCUT2D eigenvalue weighted by atomic mass is 9.90. The molecule has 2 aromatic carbocycles. The lowest BCUT2D eigenvalue weighted by Crippen LogP contribution is -2.53. The molecule has 5 heterocycles. The third-order valence-electron chi connectivity index (χ3n) is 11.3. The Morgan fingerprint density at radius 2 is 1.98 bits per heavy atom. The van der Waals surface area contributed by atoms with Crippen LogP contribution in [0.25, 0.3) is 32.1 Å². The molecule has 0 saturated carbocycles. The van der Waals surface area contributed by atoms with Crippen molar-refractivity contribution in [3.63, 3.8) is 0 Å². The topological polar surface area (TPSA) is 112 Å². The summed E-state index contributed by atoms with van der Waals surface area (Å²) >= 11 is 0.678. The number of benzene rings is 2. The van der Waals surface area contributed by atoms with Crippen LogP contribution in [0.4, 0.5) is 37.2 Å². The fourth-order valence-electron chi connectivity index (χ4n) is 8.36. The highest BCUT2D eigenvalue weighted by Crippen LogP contribution is 2.49. The zero-order valence-electron chi connectivity index (χ0n) is 28.3. The van der Waals surface area contributed by atoms with Crippen molar-refractivity contribution in [2.24, 2.45) is 0 Å². The molecule has 3 aliphatic heterocycles. The normalized spacial score (nSPS) is 25.2. The number of likely N-dealkylation sites (tertiary alicyclic amines) is 1. The lowest BCUT2D eigenvalue weighted by Gasteiger charge is -2.41. The van der Waals surface area contributed by atoms with E-state index in [0.717, 1.165) is 24.6 Å². The smallest absolute Gasteiger partial charge is 0.417 e. The molecule has 9 nitrogen and oxygen atoms in total. The number of alkyl halides is 4. The molecule has 0 radical (unpaired) electrons. The number of nitrogen functional groups attached to an aromatic ring is 1. The van der Waals surface area contributed by atoms with Crippen LogP contribution in [0, 0.1) is 23.0 Å². The van der Waals surface area contributed by atoms with Gasteiger partial charge in [0, 0.05) is 49.8 Å². The van der Waals surface area contributed by atoms with Gasteiger partial charge < -0.3 is 20.3 Å². The molecular formula is C35H35F6N7O2S. The predicted molar refractivity (Wildman–Crippen MR) is 181 cm³/mol. The number of hydrogen-bond acceptors (Lipinski definition) is 9. The van der Waals surface area contributed by atoms with E-state index in [9.17, 15) is 18.8 Å². The molecular weight excluding hydrogens is 696 g/mol. The van der Waals surface area contributed by atoms with Gasteiger partial charge in [0.2, 0.25) is 5.91 Å². The maximum absolute atomic E-state index is 17.2. The molecule has 7 rings (SSSR count). The quantitative estimate of drug-likeness (QED) is 0.210. The number of nitriles is 1. The number of nitrogens with zero attached hydrogens (tertiary/aromatic N) is 6. The largest absolute Gasteiger partial charge is 0.461 e. The van der Waals surface area contributed by atoms with Crippen molar-refractivity contribution in [3.8, 4) is 23.2 Å². The third kappa shape index (κ3) is 5.42. The molecule has 51 heavy (non-hydrogen) atoms. The first-order chi connectivity index (χ1) is 24.0. The molecule has 3 aliphatic rings. The second kappa shape index (κ2) is 12.1. The second-order valence-corrected chi connectivity index (χ2v) is 15.1. The highest BCUT2D eigenvalue weighted by Gasteiger charge is 2.50. The summed E-state index contributed by atoms with van der Waals surface area (Å²) in [5.41, 5.74) is 0.992. The van der Waals surface area contributed by atoms with Crippen molar-refractivity contribution in [1.82, 2.24) is 19.8 Å². The number of rotatable bonds is 6. The van der Waals surface area contributed by atoms with Crippen LogP contribution in [0.5, 0.6) is 6.01 Å². The Kier molecular flexibility index (Phi) is 8.33. The van der Waals surface area contributed by atoms with Crippen LogP contribution in [-0.4, -0.2) is 82.3 Å². The number of hydrogen-bond donors (Lipinski definition) is 1. The van der Waals surface area contributed by atoms with Gasteiger partial charge in [0.25, 0.3) is 0 Å². The summed E-state index contributed by atoms with van der Waals surface area (Å²) in [7, 11) is 1.61. The van der Waals surface area contributed by atoms with Crippen LogP contribution in [0.1, 0.15) is 57.6 Å². The summed E-state index contributed by atoms with van der Waals surface area (Å²) in [5.74, 6) is -2.46. The summed E-state index contributed by atoms with van der Waals surface area (Å²) in [5, 5.41) is 9.20. The average molecular weight is 732 g/mol. The van der Waals surface area contributed by atoms with Crippen LogP contribution >= 0.6 is 11.3 Å². The number of ether oxygens (including phenoxy) is 1. The van der Waals surface area contributed by atoms with E-state index in [1.165, 1.54) is 6.92 Å². The Bertz CT molecular complexity index is 2140. The van der Waals surface area contributed by atoms with Gasteiger partial charge in [-0.1, -0.05) is 6.07 Å². The Morgan fingerprint density at radius 1 is 1.24 bits per heavy atom. The van der Waals surface area contributed by atoms with E-state index in [0.29, 0.717) is 37.3 Å². The van der Waals surface area contributed by atoms with Gasteiger partial charge in [-0.15, -0.1) is 11.3 Å². The van der Waals surface area contributed by atoms with E-state index in [4.69, 9.17) is 10.5 Å². The molecule has 2 N–H and O–H groups in total. The van der Waals surface area contributed by atoms with Crippen molar-refractivity contribution in [3.05, 3.63) is 41.0 Å². The van der Waals surface area contributed by atoms with Crippen LogP contribution < -0.4 is 15.4 Å². The first-order valence-electron chi connectivity index (χ1n) is 16.6. The molecule has 0 bridgehead atoms. The summed E-state index contributed by atoms with van der Waals surface area (Å²) < 4.78 is 97.8. The molecule has 270 valence electrons. The summed E-state index contributed by atoms with van der Waals surface area (Å²) in [6.07, 6.45) is -4.05. The highest BCUT2D eigenvalue weighted by molar-refractivity contribution is 7.23. The Balaban J connectivity index is 1.47. The number of fused-ring (bicyclic) bond motifs is 3. The number of carbonyl (C=O) groups excluding carboxylic acids is 1. The number of amides is 1. The van der Waals surface area contributed by atoms with Crippen molar-refractivity contribution in [2.45, 2.75) is 75.9 Å². The number of thiophene rings is 1. The van der Waals surface area contributed by atoms with E-state index in [-0.39, 0.29) is 68.9 Å². The van der Waals surface area contributed by atoms with E-state index >= 15 is 17.6 Å². The Morgan fingerprint density at radius 3 is 2.65 bits per heavy atom. The Hall–Kier alpha value is -4.36. The fraction of sp³-hybridized carbons (Fsp3) is 0.486. The number of anilines is 2. The Labute approximate surface area is 293 Å². The van der Waals surface area contributed by atoms with E-state index < -0.39 is 57.7 Å². The van der Waals surface area contributed by atoms with Crippen molar-refractivity contribution in [1.29, 1.82) is 5.26 Å². The minimum Gasteiger partial charge on any atom is -0.461 e. The lowest BCUT2D eigenvalue weighted by molar-refractivity contribution is -0.137. The van der Waals surface area contributed by atoms with E-state index in [1.54, 1.807) is 16.8 Å². The maximum atomic E-state index is 17.2. The molecule has 3 saturated heterocycles. The summed E-state index contributed by atoms with van der Waals surface area (Å²) in [6.45, 7) is 6.39. The SMILES string of the molecule is CC(=O)N1CCC(C)(N(C)c2nc(OCC34CCCN3CC(F)C4)nc3c(F)c(-c4ccc(F)c5sc(N)c(C#N)c45)c(C(F)(F)F)cc23)C1C. The van der Waals surface area contributed by atoms with Crippen LogP contribution in [-0.2, 0) is 11.0 Å². The first kappa shape index (κ1) is 35.1. The van der Waals surface area contributed by atoms with Gasteiger partial charge in [-0.3, -0.25) is 9.69 Å². The molecule has 4 atom stereocenters.